The third-order valence-corrected chi connectivity index (χ3v) is 4.85. The van der Waals surface area contributed by atoms with Crippen molar-refractivity contribution >= 4 is 11.6 Å². The summed E-state index contributed by atoms with van der Waals surface area (Å²) in [4.78, 5) is 16.7. The van der Waals surface area contributed by atoms with Crippen LogP contribution in [0.1, 0.15) is 53.0 Å². The quantitative estimate of drug-likeness (QED) is 0.361. The molecule has 1 fully saturated rings. The summed E-state index contributed by atoms with van der Waals surface area (Å²) in [6, 6.07) is 7.21. The number of carbonyl (C=O) groups excluding carboxylic acids is 1. The topological polar surface area (TPSA) is 132 Å². The number of rotatable bonds is 6. The van der Waals surface area contributed by atoms with Crippen molar-refractivity contribution < 1.29 is 9.63 Å². The van der Waals surface area contributed by atoms with Crippen LogP contribution in [0.2, 0.25) is 0 Å². The number of carbonyl (C=O) groups is 1. The summed E-state index contributed by atoms with van der Waals surface area (Å²) in [6.45, 7) is 10.1. The fraction of sp³-hybridized carbons (Fsp3) is 0.476. The van der Waals surface area contributed by atoms with E-state index < -0.39 is 0 Å². The molecule has 8 N–H and O–H groups in total. The van der Waals surface area contributed by atoms with Gasteiger partial charge in [-0.1, -0.05) is 12.1 Å². The average Bonchev–Trinajstić information content (AvgIpc) is 2.61. The number of allylic oxidation sites excluding steroid dienone is 2. The summed E-state index contributed by atoms with van der Waals surface area (Å²) in [5.41, 5.74) is 16.3. The number of para-hydroxylation sites is 1. The van der Waals surface area contributed by atoms with E-state index in [4.69, 9.17) is 22.2 Å². The summed E-state index contributed by atoms with van der Waals surface area (Å²) in [6.07, 6.45) is 4.99. The molecular formula is C21H34N6O2. The number of piperidine rings is 1. The monoisotopic (exact) mass is 402 g/mol. The van der Waals surface area contributed by atoms with E-state index in [1.807, 2.05) is 18.2 Å². The lowest BCUT2D eigenvalue weighted by molar-refractivity contribution is -0.124. The molecule has 1 amide bonds. The van der Waals surface area contributed by atoms with Crippen LogP contribution in [-0.4, -0.2) is 28.0 Å². The van der Waals surface area contributed by atoms with Crippen molar-refractivity contribution in [2.75, 3.05) is 0 Å². The molecule has 1 aliphatic heterocycles. The zero-order valence-corrected chi connectivity index (χ0v) is 18.0. The predicted octanol–water partition coefficient (Wildman–Crippen LogP) is 1.70. The van der Waals surface area contributed by atoms with E-state index in [1.165, 1.54) is 6.92 Å². The van der Waals surface area contributed by atoms with Crippen LogP contribution in [0.15, 0.2) is 42.2 Å². The van der Waals surface area contributed by atoms with E-state index in [2.05, 4.69) is 38.4 Å². The van der Waals surface area contributed by atoms with E-state index in [1.54, 1.807) is 23.2 Å². The van der Waals surface area contributed by atoms with E-state index in [0.29, 0.717) is 22.8 Å². The summed E-state index contributed by atoms with van der Waals surface area (Å²) < 4.78 is 0. The Bertz CT molecular complexity index is 784. The number of nitrogens with two attached hydrogens (primary N) is 3. The molecule has 0 radical (unpaired) electrons. The predicted molar refractivity (Wildman–Crippen MR) is 116 cm³/mol. The molecule has 8 nitrogen and oxygen atoms in total. The lowest BCUT2D eigenvalue weighted by atomic mass is 9.79. The van der Waals surface area contributed by atoms with Gasteiger partial charge in [0.15, 0.2) is 5.75 Å². The second-order valence-electron chi connectivity index (χ2n) is 8.82. The highest BCUT2D eigenvalue weighted by atomic mass is 16.6. The maximum Gasteiger partial charge on any atom is 0.235 e. The number of hydrogen-bond acceptors (Lipinski definition) is 7. The van der Waals surface area contributed by atoms with Crippen molar-refractivity contribution in [3.05, 3.63) is 47.8 Å². The average molecular weight is 403 g/mol. The Hall–Kier alpha value is -2.71. The van der Waals surface area contributed by atoms with Crippen LogP contribution in [0.25, 0.3) is 5.70 Å². The van der Waals surface area contributed by atoms with Crippen LogP contribution >= 0.6 is 0 Å². The smallest absolute Gasteiger partial charge is 0.235 e. The Balaban J connectivity index is 2.33. The molecule has 1 aliphatic rings. The second-order valence-corrected chi connectivity index (χ2v) is 8.82. The lowest BCUT2D eigenvalue weighted by Gasteiger charge is -2.49. The van der Waals surface area contributed by atoms with Gasteiger partial charge in [0.1, 0.15) is 5.82 Å². The van der Waals surface area contributed by atoms with Crippen molar-refractivity contribution in [1.29, 1.82) is 0 Å². The van der Waals surface area contributed by atoms with Crippen LogP contribution < -0.4 is 32.9 Å². The maximum atomic E-state index is 11.8. The SMILES string of the molecule is CC(=O)NN(/C(N)=C/C=C(\N)c1ccccc1ON)C1CC(C)(C)NC(C)(C)C1. The van der Waals surface area contributed by atoms with Gasteiger partial charge in [0, 0.05) is 29.3 Å². The molecule has 8 heteroatoms. The minimum atomic E-state index is -0.186. The maximum absolute atomic E-state index is 11.8. The van der Waals surface area contributed by atoms with Crippen molar-refractivity contribution in [3.63, 3.8) is 0 Å². The first kappa shape index (κ1) is 22.6. The van der Waals surface area contributed by atoms with E-state index in [0.717, 1.165) is 12.8 Å². The Kier molecular flexibility index (Phi) is 6.81. The molecule has 1 heterocycles. The van der Waals surface area contributed by atoms with Crippen LogP contribution in [-0.2, 0) is 4.79 Å². The Morgan fingerprint density at radius 3 is 2.31 bits per heavy atom. The summed E-state index contributed by atoms with van der Waals surface area (Å²) in [5.74, 6) is 5.99. The molecule has 0 spiro atoms. The molecule has 2 rings (SSSR count). The van der Waals surface area contributed by atoms with Gasteiger partial charge in [0.2, 0.25) is 5.91 Å². The Morgan fingerprint density at radius 1 is 1.17 bits per heavy atom. The van der Waals surface area contributed by atoms with Gasteiger partial charge in [-0.15, -0.1) is 0 Å². The van der Waals surface area contributed by atoms with Gasteiger partial charge in [0.25, 0.3) is 0 Å². The fourth-order valence-corrected chi connectivity index (χ4v) is 4.14. The van der Waals surface area contributed by atoms with Gasteiger partial charge < -0.3 is 21.6 Å². The zero-order valence-electron chi connectivity index (χ0n) is 18.0. The molecule has 0 unspecified atom stereocenters. The second kappa shape index (κ2) is 8.75. The number of amides is 1. The number of nitrogens with zero attached hydrogens (tertiary/aromatic N) is 1. The Labute approximate surface area is 173 Å². The fourth-order valence-electron chi connectivity index (χ4n) is 4.14. The number of benzene rings is 1. The number of hydrogen-bond donors (Lipinski definition) is 5. The number of nitrogens with one attached hydrogen (secondary N) is 2. The standard InChI is InChI=1S/C21H34N6O2/c1-14(28)25-27(15-12-20(2,3)26-21(4,5)13-15)19(23)11-10-17(22)16-8-6-7-9-18(16)29-24/h6-11,15,26H,12-13,22-24H2,1-5H3,(H,25,28)/b17-10-,19-11+. The molecule has 1 saturated heterocycles. The van der Waals surface area contributed by atoms with Gasteiger partial charge in [-0.25, -0.2) is 0 Å². The first-order chi connectivity index (χ1) is 13.4. The molecule has 0 saturated carbocycles. The summed E-state index contributed by atoms with van der Waals surface area (Å²) in [5, 5.41) is 5.37. The van der Waals surface area contributed by atoms with Crippen molar-refractivity contribution in [3.8, 4) is 5.75 Å². The number of hydrazine groups is 1. The highest BCUT2D eigenvalue weighted by Gasteiger charge is 2.40. The van der Waals surface area contributed by atoms with Gasteiger partial charge in [-0.2, -0.15) is 5.90 Å². The molecule has 0 atom stereocenters. The molecule has 1 aromatic carbocycles. The van der Waals surface area contributed by atoms with Crippen LogP contribution in [0.3, 0.4) is 0 Å². The van der Waals surface area contributed by atoms with E-state index in [-0.39, 0.29) is 23.0 Å². The first-order valence-electron chi connectivity index (χ1n) is 9.69. The van der Waals surface area contributed by atoms with Crippen molar-refractivity contribution in [2.24, 2.45) is 17.4 Å². The molecule has 0 bridgehead atoms. The van der Waals surface area contributed by atoms with Gasteiger partial charge in [0.05, 0.1) is 6.04 Å². The third kappa shape index (κ3) is 6.13. The molecule has 160 valence electrons. The summed E-state index contributed by atoms with van der Waals surface area (Å²) in [7, 11) is 0. The largest absolute Gasteiger partial charge is 0.411 e. The Morgan fingerprint density at radius 2 is 1.76 bits per heavy atom. The van der Waals surface area contributed by atoms with Crippen LogP contribution in [0.5, 0.6) is 5.75 Å². The highest BCUT2D eigenvalue weighted by Crippen LogP contribution is 2.32. The van der Waals surface area contributed by atoms with Crippen molar-refractivity contribution in [2.45, 2.75) is 64.6 Å². The first-order valence-corrected chi connectivity index (χ1v) is 9.69. The molecular weight excluding hydrogens is 368 g/mol. The van der Waals surface area contributed by atoms with E-state index in [9.17, 15) is 4.79 Å². The van der Waals surface area contributed by atoms with Gasteiger partial charge in [-0.3, -0.25) is 15.2 Å². The van der Waals surface area contributed by atoms with Crippen molar-refractivity contribution in [1.82, 2.24) is 15.8 Å². The molecule has 0 aliphatic carbocycles. The van der Waals surface area contributed by atoms with Crippen LogP contribution in [0, 0.1) is 0 Å². The normalized spacial score (nSPS) is 19.5. The minimum Gasteiger partial charge on any atom is -0.411 e. The highest BCUT2D eigenvalue weighted by molar-refractivity contribution is 5.72. The molecule has 1 aromatic rings. The van der Waals surface area contributed by atoms with Gasteiger partial charge in [-0.05, 0) is 64.8 Å². The lowest BCUT2D eigenvalue weighted by Crippen LogP contribution is -2.64. The van der Waals surface area contributed by atoms with Crippen LogP contribution in [0.4, 0.5) is 0 Å². The third-order valence-electron chi connectivity index (χ3n) is 4.85. The summed E-state index contributed by atoms with van der Waals surface area (Å²) >= 11 is 0. The zero-order chi connectivity index (χ0) is 21.8. The molecule has 0 aromatic heterocycles. The van der Waals surface area contributed by atoms with E-state index >= 15 is 0 Å². The minimum absolute atomic E-state index is 0.0238. The van der Waals surface area contributed by atoms with Gasteiger partial charge >= 0.3 is 0 Å². The molecule has 29 heavy (non-hydrogen) atoms.